The lowest BCUT2D eigenvalue weighted by Crippen LogP contribution is -2.10. The molecule has 0 aliphatic heterocycles. The number of carbonyl (C=O) groups is 1. The number of thiophene rings is 1. The van der Waals surface area contributed by atoms with Crippen LogP contribution in [0.1, 0.15) is 48.6 Å². The van der Waals surface area contributed by atoms with Crippen molar-refractivity contribution in [2.24, 2.45) is 0 Å². The fourth-order valence-electron chi connectivity index (χ4n) is 3.33. The van der Waals surface area contributed by atoms with Crippen LogP contribution in [0, 0.1) is 10.1 Å². The van der Waals surface area contributed by atoms with Gasteiger partial charge in [-0.15, -0.1) is 11.3 Å². The molecule has 1 N–H and O–H groups in total. The Balaban J connectivity index is 2.06. The van der Waals surface area contributed by atoms with E-state index < -0.39 is 10.9 Å². The van der Waals surface area contributed by atoms with Gasteiger partial charge in [-0.25, -0.2) is 9.78 Å². The molecular formula is C22H23N3O4S. The van der Waals surface area contributed by atoms with Crippen LogP contribution in [-0.4, -0.2) is 25.6 Å². The lowest BCUT2D eigenvalue weighted by molar-refractivity contribution is -0.384. The first-order valence-corrected chi connectivity index (χ1v) is 10.6. The number of carboxylic acid groups (broad SMARTS) is 1. The number of benzene rings is 1. The van der Waals surface area contributed by atoms with E-state index in [2.05, 4.69) is 11.9 Å². The van der Waals surface area contributed by atoms with Gasteiger partial charge < -0.3 is 9.67 Å². The summed E-state index contributed by atoms with van der Waals surface area (Å²) < 4.78 is 2.02. The van der Waals surface area contributed by atoms with Crippen molar-refractivity contribution in [3.05, 3.63) is 80.0 Å². The fourth-order valence-corrected chi connectivity index (χ4v) is 4.15. The van der Waals surface area contributed by atoms with Crippen molar-refractivity contribution >= 4 is 34.1 Å². The zero-order valence-corrected chi connectivity index (χ0v) is 17.7. The molecule has 1 aromatic carbocycles. The van der Waals surface area contributed by atoms with Crippen LogP contribution in [0.3, 0.4) is 0 Å². The van der Waals surface area contributed by atoms with Gasteiger partial charge in [0, 0.05) is 30.0 Å². The molecule has 0 spiro atoms. The Hall–Kier alpha value is -3.26. The number of rotatable bonds is 9. The van der Waals surface area contributed by atoms with E-state index in [1.165, 1.54) is 23.5 Å². The highest BCUT2D eigenvalue weighted by molar-refractivity contribution is 7.11. The molecular weight excluding hydrogens is 402 g/mol. The van der Waals surface area contributed by atoms with Crippen LogP contribution in [-0.2, 0) is 17.8 Å². The monoisotopic (exact) mass is 425 g/mol. The van der Waals surface area contributed by atoms with E-state index >= 15 is 0 Å². The number of allylic oxidation sites excluding steroid dienone is 1. The van der Waals surface area contributed by atoms with Crippen LogP contribution in [0.4, 0.5) is 5.69 Å². The second-order valence-electron chi connectivity index (χ2n) is 6.96. The summed E-state index contributed by atoms with van der Waals surface area (Å²) in [5.41, 5.74) is 2.57. The fraction of sp³-hybridized carbons (Fsp3) is 0.273. The second-order valence-corrected chi connectivity index (χ2v) is 7.90. The van der Waals surface area contributed by atoms with Crippen molar-refractivity contribution in [1.29, 1.82) is 0 Å². The molecule has 0 saturated carbocycles. The Morgan fingerprint density at radius 3 is 2.57 bits per heavy atom. The number of hydrogen-bond acceptors (Lipinski definition) is 5. The van der Waals surface area contributed by atoms with E-state index in [1.54, 1.807) is 31.3 Å². The maximum atomic E-state index is 12.0. The van der Waals surface area contributed by atoms with Gasteiger partial charge in [0.25, 0.3) is 5.69 Å². The summed E-state index contributed by atoms with van der Waals surface area (Å²) in [4.78, 5) is 27.8. The summed E-state index contributed by atoms with van der Waals surface area (Å²) in [5, 5.41) is 22.6. The standard InChI is InChI=1S/C22H23N3O4S/c1-3-4-7-20-23-13-18(15(2)21(22(26)27)19-6-5-12-30-19)24(20)14-16-8-10-17(11-9-16)25(28)29/h5-6,8-13H,3-4,7,14H2,1-2H3,(H,26,27)/b21-15-. The number of unbranched alkanes of at least 4 members (excludes halogenated alkanes) is 1. The molecule has 0 aliphatic rings. The normalized spacial score (nSPS) is 11.9. The summed E-state index contributed by atoms with van der Waals surface area (Å²) in [6, 6.07) is 10.0. The van der Waals surface area contributed by atoms with E-state index in [9.17, 15) is 20.0 Å². The van der Waals surface area contributed by atoms with E-state index in [4.69, 9.17) is 0 Å². The molecule has 30 heavy (non-hydrogen) atoms. The average molecular weight is 426 g/mol. The summed E-state index contributed by atoms with van der Waals surface area (Å²) >= 11 is 1.38. The first-order valence-electron chi connectivity index (χ1n) is 9.68. The third-order valence-corrected chi connectivity index (χ3v) is 5.81. The maximum absolute atomic E-state index is 12.0. The molecule has 3 rings (SSSR count). The number of non-ortho nitro benzene ring substituents is 1. The third kappa shape index (κ3) is 4.65. The van der Waals surface area contributed by atoms with E-state index in [-0.39, 0.29) is 11.3 Å². The summed E-state index contributed by atoms with van der Waals surface area (Å²) in [6.07, 6.45) is 4.49. The smallest absolute Gasteiger partial charge is 0.337 e. The van der Waals surface area contributed by atoms with Crippen LogP contribution in [0.15, 0.2) is 48.0 Å². The topological polar surface area (TPSA) is 98.3 Å². The summed E-state index contributed by atoms with van der Waals surface area (Å²) in [5.74, 6) is -0.103. The van der Waals surface area contributed by atoms with Crippen molar-refractivity contribution in [3.63, 3.8) is 0 Å². The number of nitro groups is 1. The Bertz CT molecular complexity index is 1070. The van der Waals surface area contributed by atoms with Crippen LogP contribution in [0.5, 0.6) is 0 Å². The van der Waals surface area contributed by atoms with Crippen LogP contribution < -0.4 is 0 Å². The molecule has 0 aliphatic carbocycles. The zero-order chi connectivity index (χ0) is 21.7. The van der Waals surface area contributed by atoms with E-state index in [0.717, 1.165) is 36.3 Å². The maximum Gasteiger partial charge on any atom is 0.337 e. The molecule has 3 aromatic rings. The molecule has 8 heteroatoms. The number of nitro benzene ring substituents is 1. The van der Waals surface area contributed by atoms with Gasteiger partial charge in [0.05, 0.1) is 22.4 Å². The molecule has 7 nitrogen and oxygen atoms in total. The first-order chi connectivity index (χ1) is 14.4. The lowest BCUT2D eigenvalue weighted by Gasteiger charge is -2.14. The number of carboxylic acids is 1. The SMILES string of the molecule is CCCCc1ncc(/C(C)=C(\C(=O)O)c2cccs2)n1Cc1ccc([N+](=O)[O-])cc1. The van der Waals surface area contributed by atoms with Gasteiger partial charge in [-0.05, 0) is 35.9 Å². The zero-order valence-electron chi connectivity index (χ0n) is 16.9. The van der Waals surface area contributed by atoms with Crippen LogP contribution in [0.2, 0.25) is 0 Å². The Morgan fingerprint density at radius 2 is 2.00 bits per heavy atom. The van der Waals surface area contributed by atoms with Crippen molar-refractivity contribution in [2.75, 3.05) is 0 Å². The molecule has 0 bridgehead atoms. The minimum atomic E-state index is -0.979. The number of imidazole rings is 1. The number of hydrogen-bond donors (Lipinski definition) is 1. The molecule has 0 amide bonds. The quantitative estimate of drug-likeness (QED) is 0.286. The lowest BCUT2D eigenvalue weighted by atomic mass is 10.1. The Morgan fingerprint density at radius 1 is 1.27 bits per heavy atom. The Kier molecular flexibility index (Phi) is 6.79. The molecule has 0 atom stereocenters. The number of aliphatic carboxylic acids is 1. The van der Waals surface area contributed by atoms with Gasteiger partial charge in [0.2, 0.25) is 0 Å². The summed E-state index contributed by atoms with van der Waals surface area (Å²) in [6.45, 7) is 4.37. The van der Waals surface area contributed by atoms with Gasteiger partial charge in [-0.1, -0.05) is 31.5 Å². The highest BCUT2D eigenvalue weighted by Gasteiger charge is 2.20. The predicted molar refractivity (Wildman–Crippen MR) is 117 cm³/mol. The highest BCUT2D eigenvalue weighted by Crippen LogP contribution is 2.30. The minimum absolute atomic E-state index is 0.0396. The largest absolute Gasteiger partial charge is 0.478 e. The van der Waals surface area contributed by atoms with Crippen molar-refractivity contribution in [3.8, 4) is 0 Å². The highest BCUT2D eigenvalue weighted by atomic mass is 32.1. The van der Waals surface area contributed by atoms with E-state index in [0.29, 0.717) is 17.0 Å². The van der Waals surface area contributed by atoms with E-state index in [1.807, 2.05) is 16.0 Å². The van der Waals surface area contributed by atoms with Gasteiger partial charge in [0.15, 0.2) is 0 Å². The second kappa shape index (κ2) is 9.49. The van der Waals surface area contributed by atoms with Gasteiger partial charge in [-0.3, -0.25) is 10.1 Å². The predicted octanol–water partition coefficient (Wildman–Crippen LogP) is 5.26. The molecule has 0 radical (unpaired) electrons. The number of nitrogens with zero attached hydrogens (tertiary/aromatic N) is 3. The van der Waals surface area contributed by atoms with Gasteiger partial charge >= 0.3 is 5.97 Å². The molecule has 156 valence electrons. The molecule has 0 fully saturated rings. The molecule has 0 unspecified atom stereocenters. The van der Waals surface area contributed by atoms with Crippen LogP contribution >= 0.6 is 11.3 Å². The van der Waals surface area contributed by atoms with Crippen molar-refractivity contribution in [2.45, 2.75) is 39.7 Å². The minimum Gasteiger partial charge on any atom is -0.478 e. The van der Waals surface area contributed by atoms with Gasteiger partial charge in [0.1, 0.15) is 5.82 Å². The first kappa shape index (κ1) is 21.4. The Labute approximate surface area is 178 Å². The van der Waals surface area contributed by atoms with Crippen molar-refractivity contribution < 1.29 is 14.8 Å². The molecule has 2 heterocycles. The van der Waals surface area contributed by atoms with Gasteiger partial charge in [-0.2, -0.15) is 0 Å². The van der Waals surface area contributed by atoms with Crippen LogP contribution in [0.25, 0.3) is 11.1 Å². The molecule has 0 saturated heterocycles. The third-order valence-electron chi connectivity index (χ3n) is 4.92. The molecule has 2 aromatic heterocycles. The average Bonchev–Trinajstić information content (AvgIpc) is 3.37. The van der Waals surface area contributed by atoms with Crippen molar-refractivity contribution in [1.82, 2.24) is 9.55 Å². The number of aromatic nitrogens is 2. The summed E-state index contributed by atoms with van der Waals surface area (Å²) in [7, 11) is 0. The number of aryl methyl sites for hydroxylation is 1.